The van der Waals surface area contributed by atoms with Gasteiger partial charge in [-0.25, -0.2) is 0 Å². The second-order valence-electron chi connectivity index (χ2n) is 3.92. The van der Waals surface area contributed by atoms with Gasteiger partial charge >= 0.3 is 0 Å². The number of aromatic nitrogens is 2. The van der Waals surface area contributed by atoms with Gasteiger partial charge in [0.2, 0.25) is 0 Å². The van der Waals surface area contributed by atoms with Crippen LogP contribution in [0.15, 0.2) is 12.4 Å². The quantitative estimate of drug-likeness (QED) is 0.775. The summed E-state index contributed by atoms with van der Waals surface area (Å²) in [6.07, 6.45) is 4.76. The number of nitrogen functional groups attached to an aromatic ring is 1. The molecule has 0 aliphatic rings. The van der Waals surface area contributed by atoms with Crippen molar-refractivity contribution >= 4 is 5.69 Å². The minimum atomic E-state index is 0.642. The highest BCUT2D eigenvalue weighted by Gasteiger charge is 2.09. The second kappa shape index (κ2) is 5.75. The van der Waals surface area contributed by atoms with E-state index in [9.17, 15) is 0 Å². The van der Waals surface area contributed by atoms with Crippen molar-refractivity contribution < 1.29 is 0 Å². The number of likely N-dealkylation sites (N-methyl/N-ethyl adjacent to an activating group) is 1. The van der Waals surface area contributed by atoms with Gasteiger partial charge in [0, 0.05) is 18.8 Å². The van der Waals surface area contributed by atoms with E-state index in [-0.39, 0.29) is 0 Å². The first-order chi connectivity index (χ1) is 7.17. The maximum Gasteiger partial charge on any atom is 0.0719 e. The van der Waals surface area contributed by atoms with Gasteiger partial charge in [-0.05, 0) is 19.9 Å². The van der Waals surface area contributed by atoms with Crippen molar-refractivity contribution in [2.45, 2.75) is 39.8 Å². The molecule has 0 aliphatic heterocycles. The number of anilines is 1. The van der Waals surface area contributed by atoms with Crippen LogP contribution in [0.1, 0.15) is 27.2 Å². The number of hydrogen-bond donors (Lipinski definition) is 1. The molecule has 15 heavy (non-hydrogen) atoms. The third-order valence-electron chi connectivity index (χ3n) is 2.89. The van der Waals surface area contributed by atoms with Gasteiger partial charge in [0.15, 0.2) is 0 Å². The summed E-state index contributed by atoms with van der Waals surface area (Å²) < 4.78 is 1.90. The van der Waals surface area contributed by atoms with Crippen molar-refractivity contribution in [1.82, 2.24) is 14.7 Å². The van der Waals surface area contributed by atoms with E-state index in [2.05, 4.69) is 30.8 Å². The molecule has 1 aromatic rings. The van der Waals surface area contributed by atoms with E-state index in [0.717, 1.165) is 25.3 Å². The van der Waals surface area contributed by atoms with Crippen molar-refractivity contribution in [1.29, 1.82) is 0 Å². The van der Waals surface area contributed by atoms with E-state index in [4.69, 9.17) is 5.73 Å². The molecule has 0 radical (unpaired) electrons. The van der Waals surface area contributed by atoms with Gasteiger partial charge in [0.05, 0.1) is 18.4 Å². The summed E-state index contributed by atoms with van der Waals surface area (Å²) in [7, 11) is 0. The highest BCUT2D eigenvalue weighted by molar-refractivity contribution is 5.30. The van der Waals surface area contributed by atoms with Crippen molar-refractivity contribution in [3.05, 3.63) is 12.4 Å². The van der Waals surface area contributed by atoms with Crippen molar-refractivity contribution in [2.24, 2.45) is 0 Å². The Morgan fingerprint density at radius 2 is 2.27 bits per heavy atom. The lowest BCUT2D eigenvalue weighted by molar-refractivity contribution is 0.204. The molecule has 0 saturated heterocycles. The maximum atomic E-state index is 5.61. The molecule has 1 rings (SSSR count). The molecule has 1 heterocycles. The average Bonchev–Trinajstić information content (AvgIpc) is 2.64. The minimum Gasteiger partial charge on any atom is -0.396 e. The highest BCUT2D eigenvalue weighted by atomic mass is 15.3. The smallest absolute Gasteiger partial charge is 0.0719 e. The molecule has 1 unspecified atom stereocenters. The molecule has 0 aromatic carbocycles. The summed E-state index contributed by atoms with van der Waals surface area (Å²) >= 11 is 0. The normalized spacial score (nSPS) is 13.3. The average molecular weight is 210 g/mol. The summed E-state index contributed by atoms with van der Waals surface area (Å²) in [6, 6.07) is 0.642. The van der Waals surface area contributed by atoms with Crippen LogP contribution >= 0.6 is 0 Å². The van der Waals surface area contributed by atoms with Gasteiger partial charge in [0.1, 0.15) is 0 Å². The SMILES string of the molecule is CCC(C)N(CC)CCn1cc(N)cn1. The van der Waals surface area contributed by atoms with E-state index in [0.29, 0.717) is 6.04 Å². The van der Waals surface area contributed by atoms with Crippen LogP contribution in [0.5, 0.6) is 0 Å². The summed E-state index contributed by atoms with van der Waals surface area (Å²) in [5.74, 6) is 0. The van der Waals surface area contributed by atoms with E-state index in [1.807, 2.05) is 10.9 Å². The van der Waals surface area contributed by atoms with Gasteiger partial charge in [-0.1, -0.05) is 13.8 Å². The lowest BCUT2D eigenvalue weighted by atomic mass is 10.2. The summed E-state index contributed by atoms with van der Waals surface area (Å²) in [4.78, 5) is 2.46. The summed E-state index contributed by atoms with van der Waals surface area (Å²) in [6.45, 7) is 9.72. The third-order valence-corrected chi connectivity index (χ3v) is 2.89. The second-order valence-corrected chi connectivity index (χ2v) is 3.92. The Morgan fingerprint density at radius 3 is 2.73 bits per heavy atom. The molecular weight excluding hydrogens is 188 g/mol. The molecular formula is C11H22N4. The van der Waals surface area contributed by atoms with Gasteiger partial charge in [-0.3, -0.25) is 9.58 Å². The van der Waals surface area contributed by atoms with Crippen LogP contribution in [0, 0.1) is 0 Å². The van der Waals surface area contributed by atoms with Gasteiger partial charge in [0.25, 0.3) is 0 Å². The number of hydrogen-bond acceptors (Lipinski definition) is 3. The Hall–Kier alpha value is -1.03. The zero-order valence-corrected chi connectivity index (χ0v) is 9.98. The first-order valence-corrected chi connectivity index (χ1v) is 5.69. The molecule has 0 bridgehead atoms. The van der Waals surface area contributed by atoms with Crippen LogP contribution in [-0.4, -0.2) is 33.8 Å². The molecule has 0 aliphatic carbocycles. The molecule has 1 atom stereocenters. The molecule has 0 amide bonds. The van der Waals surface area contributed by atoms with E-state index >= 15 is 0 Å². The first kappa shape index (κ1) is 12.0. The minimum absolute atomic E-state index is 0.642. The largest absolute Gasteiger partial charge is 0.396 e. The molecule has 0 saturated carbocycles. The van der Waals surface area contributed by atoms with Crippen LogP contribution in [-0.2, 0) is 6.54 Å². The van der Waals surface area contributed by atoms with E-state index < -0.39 is 0 Å². The van der Waals surface area contributed by atoms with Crippen LogP contribution in [0.3, 0.4) is 0 Å². The molecule has 86 valence electrons. The van der Waals surface area contributed by atoms with Crippen LogP contribution in [0.25, 0.3) is 0 Å². The van der Waals surface area contributed by atoms with Crippen LogP contribution in [0.4, 0.5) is 5.69 Å². The predicted octanol–water partition coefficient (Wildman–Crippen LogP) is 1.59. The molecule has 0 fully saturated rings. The molecule has 2 N–H and O–H groups in total. The Balaban J connectivity index is 2.40. The summed E-state index contributed by atoms with van der Waals surface area (Å²) in [5.41, 5.74) is 6.34. The van der Waals surface area contributed by atoms with Crippen molar-refractivity contribution in [3.8, 4) is 0 Å². The Labute approximate surface area is 92.1 Å². The molecule has 1 aromatic heterocycles. The number of rotatable bonds is 6. The van der Waals surface area contributed by atoms with E-state index in [1.54, 1.807) is 6.20 Å². The van der Waals surface area contributed by atoms with Crippen LogP contribution < -0.4 is 5.73 Å². The van der Waals surface area contributed by atoms with Crippen molar-refractivity contribution in [3.63, 3.8) is 0 Å². The van der Waals surface area contributed by atoms with E-state index in [1.165, 1.54) is 6.42 Å². The Kier molecular flexibility index (Phi) is 4.62. The van der Waals surface area contributed by atoms with Gasteiger partial charge in [-0.15, -0.1) is 0 Å². The van der Waals surface area contributed by atoms with Gasteiger partial charge in [-0.2, -0.15) is 5.10 Å². The molecule has 0 spiro atoms. The third kappa shape index (κ3) is 3.55. The number of nitrogens with zero attached hydrogens (tertiary/aromatic N) is 3. The first-order valence-electron chi connectivity index (χ1n) is 5.69. The Morgan fingerprint density at radius 1 is 1.53 bits per heavy atom. The standard InChI is InChI=1S/C11H22N4/c1-4-10(3)14(5-2)6-7-15-9-11(12)8-13-15/h8-10H,4-7,12H2,1-3H3. The monoisotopic (exact) mass is 210 g/mol. The predicted molar refractivity (Wildman–Crippen MR) is 63.6 cm³/mol. The van der Waals surface area contributed by atoms with Crippen LogP contribution in [0.2, 0.25) is 0 Å². The fourth-order valence-corrected chi connectivity index (χ4v) is 1.68. The zero-order chi connectivity index (χ0) is 11.3. The topological polar surface area (TPSA) is 47.1 Å². The highest BCUT2D eigenvalue weighted by Crippen LogP contribution is 2.04. The molecule has 4 heteroatoms. The number of nitrogens with two attached hydrogens (primary N) is 1. The summed E-state index contributed by atoms with van der Waals surface area (Å²) in [5, 5.41) is 4.17. The lowest BCUT2D eigenvalue weighted by Crippen LogP contribution is -2.35. The molecule has 4 nitrogen and oxygen atoms in total. The maximum absolute atomic E-state index is 5.61. The van der Waals surface area contributed by atoms with Gasteiger partial charge < -0.3 is 5.73 Å². The van der Waals surface area contributed by atoms with Crippen molar-refractivity contribution in [2.75, 3.05) is 18.8 Å². The zero-order valence-electron chi connectivity index (χ0n) is 9.98. The lowest BCUT2D eigenvalue weighted by Gasteiger charge is -2.26. The Bertz CT molecular complexity index is 282. The fraction of sp³-hybridized carbons (Fsp3) is 0.727. The fourth-order valence-electron chi connectivity index (χ4n) is 1.68.